The van der Waals surface area contributed by atoms with E-state index in [-0.39, 0.29) is 0 Å². The normalized spacial score (nSPS) is 17.7. The molecule has 0 unspecified atom stereocenters. The minimum Gasteiger partial charge on any atom is -0.381 e. The molecule has 10 heteroatoms. The number of fused-ring (bicyclic) bond motifs is 1. The van der Waals surface area contributed by atoms with Crippen molar-refractivity contribution in [2.45, 2.75) is 18.8 Å². The van der Waals surface area contributed by atoms with E-state index in [1.807, 2.05) is 31.4 Å². The first-order chi connectivity index (χ1) is 16.3. The third-order valence-corrected chi connectivity index (χ3v) is 6.37. The Balaban J connectivity index is 1.47. The van der Waals surface area contributed by atoms with E-state index in [2.05, 4.69) is 14.5 Å². The predicted molar refractivity (Wildman–Crippen MR) is 122 cm³/mol. The molecule has 0 radical (unpaired) electrons. The first kappa shape index (κ1) is 20.3. The smallest absolute Gasteiger partial charge is 0.254 e. The first-order valence-corrected chi connectivity index (χ1v) is 11.4. The SMILES string of the molecule is Cn1c(C2CCOCC2)nc2c(N3CCOCC3)nc(-n3ccc(-c4cccnc4)n3)nc21. The van der Waals surface area contributed by atoms with Crippen molar-refractivity contribution in [1.82, 2.24) is 34.3 Å². The first-order valence-electron chi connectivity index (χ1n) is 11.4. The van der Waals surface area contributed by atoms with Crippen LogP contribution < -0.4 is 4.90 Å². The van der Waals surface area contributed by atoms with Crippen LogP contribution in [0.15, 0.2) is 36.8 Å². The van der Waals surface area contributed by atoms with Crippen molar-refractivity contribution in [3.05, 3.63) is 42.6 Å². The van der Waals surface area contributed by atoms with E-state index < -0.39 is 0 Å². The second kappa shape index (κ2) is 8.53. The van der Waals surface area contributed by atoms with E-state index in [9.17, 15) is 0 Å². The monoisotopic (exact) mass is 446 g/mol. The lowest BCUT2D eigenvalue weighted by molar-refractivity contribution is 0.0831. The van der Waals surface area contributed by atoms with E-state index in [0.29, 0.717) is 25.1 Å². The third-order valence-electron chi connectivity index (χ3n) is 6.37. The summed E-state index contributed by atoms with van der Waals surface area (Å²) in [4.78, 5) is 21.4. The number of pyridine rings is 1. The molecular formula is C23H26N8O2. The number of morpholine rings is 1. The fraction of sp³-hybridized carbons (Fsp3) is 0.435. The summed E-state index contributed by atoms with van der Waals surface area (Å²) >= 11 is 0. The van der Waals surface area contributed by atoms with Crippen LogP contribution in [-0.4, -0.2) is 73.8 Å². The lowest BCUT2D eigenvalue weighted by Gasteiger charge is -2.28. The van der Waals surface area contributed by atoms with Crippen LogP contribution in [0.25, 0.3) is 28.4 Å². The number of aromatic nitrogens is 7. The Morgan fingerprint density at radius 3 is 2.58 bits per heavy atom. The number of imidazole rings is 1. The number of anilines is 1. The highest BCUT2D eigenvalue weighted by Crippen LogP contribution is 2.32. The molecule has 0 bridgehead atoms. The Kier molecular flexibility index (Phi) is 5.23. The summed E-state index contributed by atoms with van der Waals surface area (Å²) in [5.41, 5.74) is 3.44. The number of nitrogens with zero attached hydrogens (tertiary/aromatic N) is 8. The molecule has 2 aliphatic rings. The van der Waals surface area contributed by atoms with Gasteiger partial charge < -0.3 is 18.9 Å². The molecule has 0 atom stereocenters. The van der Waals surface area contributed by atoms with Gasteiger partial charge in [-0.15, -0.1) is 0 Å². The van der Waals surface area contributed by atoms with Crippen molar-refractivity contribution >= 4 is 17.0 Å². The minimum absolute atomic E-state index is 0.362. The average molecular weight is 447 g/mol. The number of hydrogen-bond acceptors (Lipinski definition) is 8. The molecule has 0 spiro atoms. The van der Waals surface area contributed by atoms with Gasteiger partial charge in [0.1, 0.15) is 5.82 Å². The Bertz CT molecular complexity index is 1260. The maximum absolute atomic E-state index is 5.58. The van der Waals surface area contributed by atoms with Gasteiger partial charge in [-0.1, -0.05) is 0 Å². The molecule has 170 valence electrons. The van der Waals surface area contributed by atoms with E-state index in [1.165, 1.54) is 0 Å². The van der Waals surface area contributed by atoms with Crippen LogP contribution in [-0.2, 0) is 16.5 Å². The molecule has 6 rings (SSSR count). The molecule has 4 aromatic heterocycles. The molecule has 0 N–H and O–H groups in total. The predicted octanol–water partition coefficient (Wildman–Crippen LogP) is 2.34. The van der Waals surface area contributed by atoms with Crippen molar-refractivity contribution in [3.8, 4) is 17.2 Å². The zero-order valence-electron chi connectivity index (χ0n) is 18.6. The van der Waals surface area contributed by atoms with Crippen LogP contribution in [0.4, 0.5) is 5.82 Å². The van der Waals surface area contributed by atoms with E-state index in [4.69, 9.17) is 29.5 Å². The summed E-state index contributed by atoms with van der Waals surface area (Å²) in [5, 5.41) is 4.73. The van der Waals surface area contributed by atoms with Gasteiger partial charge in [-0.2, -0.15) is 15.1 Å². The molecule has 2 aliphatic heterocycles. The summed E-state index contributed by atoms with van der Waals surface area (Å²) in [6.45, 7) is 4.43. The van der Waals surface area contributed by atoms with Gasteiger partial charge in [0.2, 0.25) is 0 Å². The number of ether oxygens (including phenoxy) is 2. The summed E-state index contributed by atoms with van der Waals surface area (Å²) in [5.74, 6) is 2.78. The third kappa shape index (κ3) is 3.75. The van der Waals surface area contributed by atoms with Gasteiger partial charge in [-0.05, 0) is 31.0 Å². The lowest BCUT2D eigenvalue weighted by Crippen LogP contribution is -2.37. The maximum atomic E-state index is 5.58. The zero-order chi connectivity index (χ0) is 22.2. The van der Waals surface area contributed by atoms with Crippen LogP contribution in [0.2, 0.25) is 0 Å². The molecule has 0 amide bonds. The van der Waals surface area contributed by atoms with Crippen LogP contribution in [0.3, 0.4) is 0 Å². The highest BCUT2D eigenvalue weighted by atomic mass is 16.5. The zero-order valence-corrected chi connectivity index (χ0v) is 18.6. The fourth-order valence-corrected chi connectivity index (χ4v) is 4.57. The molecule has 2 saturated heterocycles. The van der Waals surface area contributed by atoms with Crippen LogP contribution in [0.1, 0.15) is 24.6 Å². The summed E-state index contributed by atoms with van der Waals surface area (Å²) in [6, 6.07) is 5.85. The van der Waals surface area contributed by atoms with Crippen LogP contribution in [0, 0.1) is 0 Å². The van der Waals surface area contributed by atoms with Crippen LogP contribution in [0.5, 0.6) is 0 Å². The topological polar surface area (TPSA) is 96.0 Å². The summed E-state index contributed by atoms with van der Waals surface area (Å²) in [7, 11) is 2.05. The van der Waals surface area contributed by atoms with Crippen molar-refractivity contribution < 1.29 is 9.47 Å². The molecule has 0 aliphatic carbocycles. The molecule has 0 saturated carbocycles. The quantitative estimate of drug-likeness (QED) is 0.471. The molecule has 0 aromatic carbocycles. The van der Waals surface area contributed by atoms with Crippen molar-refractivity contribution in [1.29, 1.82) is 0 Å². The van der Waals surface area contributed by atoms with E-state index in [1.54, 1.807) is 17.1 Å². The van der Waals surface area contributed by atoms with Gasteiger partial charge >= 0.3 is 0 Å². The van der Waals surface area contributed by atoms with Gasteiger partial charge in [-0.3, -0.25) is 4.98 Å². The minimum atomic E-state index is 0.362. The van der Waals surface area contributed by atoms with E-state index >= 15 is 0 Å². The van der Waals surface area contributed by atoms with Crippen LogP contribution >= 0.6 is 0 Å². The highest BCUT2D eigenvalue weighted by Gasteiger charge is 2.27. The molecule has 6 heterocycles. The second-order valence-corrected chi connectivity index (χ2v) is 8.42. The molecule has 4 aromatic rings. The fourth-order valence-electron chi connectivity index (χ4n) is 4.57. The van der Waals surface area contributed by atoms with Gasteiger partial charge in [-0.25, -0.2) is 9.67 Å². The van der Waals surface area contributed by atoms with Gasteiger partial charge in [0.15, 0.2) is 17.0 Å². The van der Waals surface area contributed by atoms with E-state index in [0.717, 1.165) is 73.2 Å². The van der Waals surface area contributed by atoms with Crippen molar-refractivity contribution in [2.75, 3.05) is 44.4 Å². The molecule has 33 heavy (non-hydrogen) atoms. The Labute approximate surface area is 191 Å². The lowest BCUT2D eigenvalue weighted by atomic mass is 10.00. The standard InChI is InChI=1S/C23H26N8O2/c1-29-20(16-5-11-32-12-6-16)25-19-21(29)26-23(27-22(19)30-9-13-33-14-10-30)31-8-4-18(28-31)17-3-2-7-24-15-17/h2-4,7-8,15-16H,5-6,9-14H2,1H3. The number of rotatable bonds is 4. The van der Waals surface area contributed by atoms with Gasteiger partial charge in [0.05, 0.1) is 18.9 Å². The number of aryl methyl sites for hydroxylation is 1. The highest BCUT2D eigenvalue weighted by molar-refractivity contribution is 5.85. The molecular weight excluding hydrogens is 420 g/mol. The second-order valence-electron chi connectivity index (χ2n) is 8.42. The van der Waals surface area contributed by atoms with Crippen molar-refractivity contribution in [3.63, 3.8) is 0 Å². The average Bonchev–Trinajstić information content (AvgIpc) is 3.51. The summed E-state index contributed by atoms with van der Waals surface area (Å²) in [6.07, 6.45) is 7.39. The van der Waals surface area contributed by atoms with Crippen molar-refractivity contribution in [2.24, 2.45) is 7.05 Å². The Morgan fingerprint density at radius 2 is 1.79 bits per heavy atom. The molecule has 10 nitrogen and oxygen atoms in total. The molecule has 2 fully saturated rings. The largest absolute Gasteiger partial charge is 0.381 e. The maximum Gasteiger partial charge on any atom is 0.254 e. The van der Waals surface area contributed by atoms with Gasteiger partial charge in [0, 0.05) is 63.4 Å². The number of hydrogen-bond donors (Lipinski definition) is 0. The van der Waals surface area contributed by atoms with Gasteiger partial charge in [0.25, 0.3) is 5.95 Å². The Hall–Kier alpha value is -3.37. The Morgan fingerprint density at radius 1 is 0.970 bits per heavy atom. The summed E-state index contributed by atoms with van der Waals surface area (Å²) < 4.78 is 15.0.